The van der Waals surface area contributed by atoms with E-state index in [0.717, 1.165) is 32.6 Å². The maximum Gasteiger partial charge on any atom is 0.170 e. The lowest BCUT2D eigenvalue weighted by Crippen LogP contribution is -2.58. The second-order valence-electron chi connectivity index (χ2n) is 6.89. The highest BCUT2D eigenvalue weighted by Gasteiger charge is 2.46. The molecule has 0 aromatic rings. The van der Waals surface area contributed by atoms with Crippen LogP contribution in [0.25, 0.3) is 0 Å². The maximum atomic E-state index is 6.01. The number of likely N-dealkylation sites (tertiary alicyclic amines) is 1. The Morgan fingerprint density at radius 3 is 2.38 bits per heavy atom. The molecule has 21 heavy (non-hydrogen) atoms. The lowest BCUT2D eigenvalue weighted by atomic mass is 9.84. The lowest BCUT2D eigenvalue weighted by molar-refractivity contribution is -0.193. The van der Waals surface area contributed by atoms with Gasteiger partial charge in [-0.2, -0.15) is 0 Å². The summed E-state index contributed by atoms with van der Waals surface area (Å²) in [6.45, 7) is 7.34. The van der Waals surface area contributed by atoms with Crippen LogP contribution in [-0.4, -0.2) is 55.6 Å². The summed E-state index contributed by atoms with van der Waals surface area (Å²) < 4.78 is 12.0. The standard InChI is InChI=1S/C17H32N2O2/c1-2-18-15-8-9-17(20-12-13-21-17)14-16(15)19-10-6-4-3-5-7-11-19/h15-16,18H,2-14H2,1H3. The van der Waals surface area contributed by atoms with Crippen molar-refractivity contribution in [1.82, 2.24) is 10.2 Å². The first-order valence-electron chi connectivity index (χ1n) is 9.08. The minimum absolute atomic E-state index is 0.265. The van der Waals surface area contributed by atoms with Crippen LogP contribution in [0.2, 0.25) is 0 Å². The molecule has 122 valence electrons. The molecule has 1 saturated carbocycles. The van der Waals surface area contributed by atoms with Crippen molar-refractivity contribution in [3.05, 3.63) is 0 Å². The zero-order valence-corrected chi connectivity index (χ0v) is 13.6. The first-order valence-corrected chi connectivity index (χ1v) is 9.08. The topological polar surface area (TPSA) is 33.7 Å². The number of nitrogens with one attached hydrogen (secondary N) is 1. The average molecular weight is 296 g/mol. The van der Waals surface area contributed by atoms with E-state index in [0.29, 0.717) is 12.1 Å². The second-order valence-corrected chi connectivity index (χ2v) is 6.89. The van der Waals surface area contributed by atoms with E-state index in [9.17, 15) is 0 Å². The Kier molecular flexibility index (Phi) is 5.54. The molecule has 3 aliphatic rings. The van der Waals surface area contributed by atoms with Crippen LogP contribution in [0.1, 0.15) is 58.3 Å². The van der Waals surface area contributed by atoms with E-state index in [4.69, 9.17) is 9.47 Å². The summed E-state index contributed by atoms with van der Waals surface area (Å²) in [5.74, 6) is -0.265. The normalized spacial score (nSPS) is 34.7. The highest BCUT2D eigenvalue weighted by molar-refractivity contribution is 4.96. The molecule has 2 atom stereocenters. The molecule has 1 aliphatic carbocycles. The molecule has 1 N–H and O–H groups in total. The summed E-state index contributed by atoms with van der Waals surface area (Å²) in [4.78, 5) is 2.73. The van der Waals surface area contributed by atoms with Crippen LogP contribution in [0.5, 0.6) is 0 Å². The third-order valence-electron chi connectivity index (χ3n) is 5.46. The van der Waals surface area contributed by atoms with Crippen LogP contribution in [0.15, 0.2) is 0 Å². The molecular formula is C17H32N2O2. The molecule has 3 fully saturated rings. The SMILES string of the molecule is CCNC1CCC2(CC1N1CCCCCCC1)OCCO2. The van der Waals surface area contributed by atoms with Gasteiger partial charge in [0.1, 0.15) is 0 Å². The Labute approximate surface area is 129 Å². The van der Waals surface area contributed by atoms with E-state index in [1.165, 1.54) is 51.6 Å². The molecule has 4 heteroatoms. The van der Waals surface area contributed by atoms with Crippen molar-refractivity contribution >= 4 is 0 Å². The van der Waals surface area contributed by atoms with Gasteiger partial charge in [-0.15, -0.1) is 0 Å². The van der Waals surface area contributed by atoms with Gasteiger partial charge in [-0.3, -0.25) is 4.90 Å². The van der Waals surface area contributed by atoms with Crippen LogP contribution >= 0.6 is 0 Å². The summed E-state index contributed by atoms with van der Waals surface area (Å²) in [7, 11) is 0. The van der Waals surface area contributed by atoms with Gasteiger partial charge in [0.2, 0.25) is 0 Å². The van der Waals surface area contributed by atoms with E-state index >= 15 is 0 Å². The van der Waals surface area contributed by atoms with Crippen molar-refractivity contribution < 1.29 is 9.47 Å². The quantitative estimate of drug-likeness (QED) is 0.868. The number of hydrogen-bond acceptors (Lipinski definition) is 4. The summed E-state index contributed by atoms with van der Waals surface area (Å²) in [6.07, 6.45) is 10.2. The minimum Gasteiger partial charge on any atom is -0.347 e. The highest BCUT2D eigenvalue weighted by atomic mass is 16.7. The first kappa shape index (κ1) is 15.7. The van der Waals surface area contributed by atoms with Gasteiger partial charge in [0.15, 0.2) is 5.79 Å². The molecule has 0 aromatic heterocycles. The van der Waals surface area contributed by atoms with Crippen molar-refractivity contribution in [3.63, 3.8) is 0 Å². The maximum absolute atomic E-state index is 6.01. The highest BCUT2D eigenvalue weighted by Crippen LogP contribution is 2.38. The Balaban J connectivity index is 1.69. The van der Waals surface area contributed by atoms with Crippen molar-refractivity contribution in [3.8, 4) is 0 Å². The van der Waals surface area contributed by atoms with Crippen LogP contribution in [0.3, 0.4) is 0 Å². The van der Waals surface area contributed by atoms with Gasteiger partial charge >= 0.3 is 0 Å². The van der Waals surface area contributed by atoms with Crippen LogP contribution in [-0.2, 0) is 9.47 Å². The van der Waals surface area contributed by atoms with Gasteiger partial charge in [-0.1, -0.05) is 26.2 Å². The van der Waals surface area contributed by atoms with Gasteiger partial charge in [-0.05, 0) is 38.9 Å². The average Bonchev–Trinajstić information content (AvgIpc) is 2.90. The summed E-state index contributed by atoms with van der Waals surface area (Å²) in [5.41, 5.74) is 0. The fourth-order valence-corrected chi connectivity index (χ4v) is 4.38. The van der Waals surface area contributed by atoms with Gasteiger partial charge in [0.05, 0.1) is 13.2 Å². The predicted octanol–water partition coefficient (Wildman–Crippen LogP) is 2.53. The molecule has 2 heterocycles. The molecule has 2 saturated heterocycles. The van der Waals surface area contributed by atoms with Crippen molar-refractivity contribution in [2.45, 2.75) is 76.2 Å². The van der Waals surface area contributed by atoms with E-state index < -0.39 is 0 Å². The molecule has 1 spiro atoms. The van der Waals surface area contributed by atoms with E-state index in [-0.39, 0.29) is 5.79 Å². The smallest absolute Gasteiger partial charge is 0.170 e. The van der Waals surface area contributed by atoms with Gasteiger partial charge in [-0.25, -0.2) is 0 Å². The van der Waals surface area contributed by atoms with Crippen molar-refractivity contribution in [2.75, 3.05) is 32.8 Å². The molecule has 4 nitrogen and oxygen atoms in total. The molecule has 0 aromatic carbocycles. The summed E-state index contributed by atoms with van der Waals surface area (Å²) in [5, 5.41) is 3.72. The van der Waals surface area contributed by atoms with Gasteiger partial charge < -0.3 is 14.8 Å². The number of ether oxygens (including phenoxy) is 2. The number of rotatable bonds is 3. The Morgan fingerprint density at radius 2 is 1.71 bits per heavy atom. The van der Waals surface area contributed by atoms with Gasteiger partial charge in [0.25, 0.3) is 0 Å². The zero-order valence-electron chi connectivity index (χ0n) is 13.6. The minimum atomic E-state index is -0.265. The van der Waals surface area contributed by atoms with Gasteiger partial charge in [0, 0.05) is 24.9 Å². The molecule has 0 amide bonds. The van der Waals surface area contributed by atoms with E-state index in [1.807, 2.05) is 0 Å². The monoisotopic (exact) mass is 296 g/mol. The number of nitrogens with zero attached hydrogens (tertiary/aromatic N) is 1. The van der Waals surface area contributed by atoms with Crippen LogP contribution in [0, 0.1) is 0 Å². The summed E-state index contributed by atoms with van der Waals surface area (Å²) in [6, 6.07) is 1.18. The summed E-state index contributed by atoms with van der Waals surface area (Å²) >= 11 is 0. The Hall–Kier alpha value is -0.160. The van der Waals surface area contributed by atoms with E-state index in [2.05, 4.69) is 17.1 Å². The van der Waals surface area contributed by atoms with Crippen LogP contribution in [0.4, 0.5) is 0 Å². The fourth-order valence-electron chi connectivity index (χ4n) is 4.38. The third-order valence-corrected chi connectivity index (χ3v) is 5.46. The van der Waals surface area contributed by atoms with Crippen molar-refractivity contribution in [2.24, 2.45) is 0 Å². The molecule has 0 radical (unpaired) electrons. The molecular weight excluding hydrogens is 264 g/mol. The molecule has 0 bridgehead atoms. The fraction of sp³-hybridized carbons (Fsp3) is 1.00. The number of hydrogen-bond donors (Lipinski definition) is 1. The largest absolute Gasteiger partial charge is 0.347 e. The Morgan fingerprint density at radius 1 is 1.05 bits per heavy atom. The Bertz CT molecular complexity index is 310. The third kappa shape index (κ3) is 3.79. The molecule has 2 aliphatic heterocycles. The van der Waals surface area contributed by atoms with E-state index in [1.54, 1.807) is 0 Å². The predicted molar refractivity (Wildman–Crippen MR) is 84.4 cm³/mol. The van der Waals surface area contributed by atoms with Crippen LogP contribution < -0.4 is 5.32 Å². The van der Waals surface area contributed by atoms with Crippen molar-refractivity contribution in [1.29, 1.82) is 0 Å². The molecule has 2 unspecified atom stereocenters. The lowest BCUT2D eigenvalue weighted by Gasteiger charge is -2.46. The zero-order chi connectivity index (χ0) is 14.5. The second kappa shape index (κ2) is 7.40. The number of likely N-dealkylation sites (N-methyl/N-ethyl adjacent to an activating group) is 1. The first-order chi connectivity index (χ1) is 10.3. The molecule has 3 rings (SSSR count).